The van der Waals surface area contributed by atoms with Gasteiger partial charge in [-0.2, -0.15) is 0 Å². The summed E-state index contributed by atoms with van der Waals surface area (Å²) in [6, 6.07) is 12.6. The van der Waals surface area contributed by atoms with Gasteiger partial charge < -0.3 is 5.32 Å². The molecule has 1 N–H and O–H groups in total. The van der Waals surface area contributed by atoms with E-state index in [1.165, 1.54) is 38.4 Å². The van der Waals surface area contributed by atoms with E-state index in [4.69, 9.17) is 16.4 Å². The van der Waals surface area contributed by atoms with Crippen molar-refractivity contribution >= 4 is 27.5 Å². The second-order valence-electron chi connectivity index (χ2n) is 5.37. The van der Waals surface area contributed by atoms with Gasteiger partial charge in [-0.3, -0.25) is 9.63 Å². The number of hydroxylamine groups is 1. The average molecular weight is 383 g/mol. The van der Waals surface area contributed by atoms with Crippen LogP contribution < -0.4 is 5.32 Å². The van der Waals surface area contributed by atoms with Crippen LogP contribution in [0.15, 0.2) is 53.4 Å². The van der Waals surface area contributed by atoms with Crippen molar-refractivity contribution in [2.45, 2.75) is 17.9 Å². The number of sulfonamides is 1. The van der Waals surface area contributed by atoms with Gasteiger partial charge in [-0.25, -0.2) is 8.42 Å². The van der Waals surface area contributed by atoms with Gasteiger partial charge in [0.15, 0.2) is 0 Å². The van der Waals surface area contributed by atoms with E-state index >= 15 is 0 Å². The van der Waals surface area contributed by atoms with Crippen LogP contribution in [0.25, 0.3) is 0 Å². The molecule has 8 heteroatoms. The molecule has 2 aromatic carbocycles. The van der Waals surface area contributed by atoms with Crippen LogP contribution in [0, 0.1) is 0 Å². The second kappa shape index (κ2) is 7.97. The van der Waals surface area contributed by atoms with Crippen LogP contribution in [0.2, 0.25) is 5.02 Å². The molecule has 0 aliphatic heterocycles. The third kappa shape index (κ3) is 4.58. The molecule has 0 aromatic heterocycles. The van der Waals surface area contributed by atoms with E-state index in [1.807, 2.05) is 19.1 Å². The number of carbonyl (C=O) groups is 1. The molecule has 6 nitrogen and oxygen atoms in total. The Balaban J connectivity index is 2.11. The Labute approximate surface area is 152 Å². The first-order valence-electron chi connectivity index (χ1n) is 7.45. The Kier molecular flexibility index (Phi) is 6.18. The first-order chi connectivity index (χ1) is 11.8. The molecule has 134 valence electrons. The smallest absolute Gasteiger partial charge is 0.264 e. The van der Waals surface area contributed by atoms with E-state index in [0.717, 1.165) is 10.0 Å². The molecule has 0 aliphatic carbocycles. The molecule has 1 amide bonds. The molecule has 0 heterocycles. The first kappa shape index (κ1) is 19.4. The fourth-order valence-corrected chi connectivity index (χ4v) is 3.24. The highest BCUT2D eigenvalue weighted by Crippen LogP contribution is 2.18. The Bertz CT molecular complexity index is 836. The number of rotatable bonds is 6. The monoisotopic (exact) mass is 382 g/mol. The molecule has 2 rings (SSSR count). The van der Waals surface area contributed by atoms with Crippen LogP contribution in [0.5, 0.6) is 0 Å². The molecule has 0 spiro atoms. The van der Waals surface area contributed by atoms with Gasteiger partial charge in [0.05, 0.1) is 18.0 Å². The summed E-state index contributed by atoms with van der Waals surface area (Å²) in [5, 5.41) is 3.48. The zero-order valence-corrected chi connectivity index (χ0v) is 15.6. The van der Waals surface area contributed by atoms with E-state index in [-0.39, 0.29) is 16.8 Å². The highest BCUT2D eigenvalue weighted by Gasteiger charge is 2.21. The molecule has 0 saturated heterocycles. The Morgan fingerprint density at radius 1 is 1.12 bits per heavy atom. The first-order valence-corrected chi connectivity index (χ1v) is 9.27. The van der Waals surface area contributed by atoms with E-state index in [2.05, 4.69) is 5.32 Å². The topological polar surface area (TPSA) is 75.7 Å². The van der Waals surface area contributed by atoms with E-state index in [0.29, 0.717) is 10.6 Å². The fraction of sp³-hybridized carbons (Fsp3) is 0.235. The molecule has 0 radical (unpaired) electrons. The zero-order valence-electron chi connectivity index (χ0n) is 14.1. The summed E-state index contributed by atoms with van der Waals surface area (Å²) in [6.45, 7) is 1.85. The third-order valence-corrected chi connectivity index (χ3v) is 5.67. The van der Waals surface area contributed by atoms with Crippen LogP contribution in [-0.2, 0) is 14.9 Å². The number of benzene rings is 2. The fourth-order valence-electron chi connectivity index (χ4n) is 2.14. The minimum atomic E-state index is -3.73. The van der Waals surface area contributed by atoms with Crippen LogP contribution >= 0.6 is 11.6 Å². The molecule has 2 aromatic rings. The second-order valence-corrected chi connectivity index (χ2v) is 7.74. The van der Waals surface area contributed by atoms with Crippen molar-refractivity contribution in [2.24, 2.45) is 0 Å². The Hall–Kier alpha value is -1.93. The van der Waals surface area contributed by atoms with Crippen molar-refractivity contribution in [1.29, 1.82) is 0 Å². The zero-order chi connectivity index (χ0) is 18.6. The number of carbonyl (C=O) groups excluding carboxylic acids is 1. The summed E-state index contributed by atoms with van der Waals surface area (Å²) in [7, 11) is -1.18. The molecule has 0 aliphatic rings. The lowest BCUT2D eigenvalue weighted by atomic mass is 10.1. The van der Waals surface area contributed by atoms with Gasteiger partial charge in [-0.05, 0) is 48.9 Å². The van der Waals surface area contributed by atoms with E-state index in [9.17, 15) is 13.2 Å². The largest absolute Gasteiger partial charge is 0.346 e. The lowest BCUT2D eigenvalue weighted by Gasteiger charge is -2.16. The van der Waals surface area contributed by atoms with E-state index in [1.54, 1.807) is 12.1 Å². The van der Waals surface area contributed by atoms with Gasteiger partial charge in [0, 0.05) is 17.6 Å². The number of nitrogens with one attached hydrogen (secondary N) is 1. The molecule has 1 unspecified atom stereocenters. The maximum atomic E-state index is 12.3. The molecular weight excluding hydrogens is 364 g/mol. The van der Waals surface area contributed by atoms with Crippen molar-refractivity contribution in [2.75, 3.05) is 14.2 Å². The summed E-state index contributed by atoms with van der Waals surface area (Å²) >= 11 is 5.85. The van der Waals surface area contributed by atoms with Crippen molar-refractivity contribution in [1.82, 2.24) is 9.79 Å². The van der Waals surface area contributed by atoms with Crippen LogP contribution in [0.1, 0.15) is 28.9 Å². The van der Waals surface area contributed by atoms with Gasteiger partial charge in [-0.15, -0.1) is 0 Å². The van der Waals surface area contributed by atoms with Gasteiger partial charge in [0.1, 0.15) is 0 Å². The van der Waals surface area contributed by atoms with Crippen LogP contribution in [0.4, 0.5) is 0 Å². The predicted octanol–water partition coefficient (Wildman–Crippen LogP) is 3.01. The Morgan fingerprint density at radius 2 is 1.68 bits per heavy atom. The number of hydrogen-bond donors (Lipinski definition) is 1. The normalized spacial score (nSPS) is 12.8. The Morgan fingerprint density at radius 3 is 2.20 bits per heavy atom. The van der Waals surface area contributed by atoms with Crippen molar-refractivity contribution in [3.8, 4) is 0 Å². The number of hydrogen-bond acceptors (Lipinski definition) is 4. The molecule has 0 bridgehead atoms. The summed E-state index contributed by atoms with van der Waals surface area (Å²) < 4.78 is 25.0. The van der Waals surface area contributed by atoms with Crippen LogP contribution in [0.3, 0.4) is 0 Å². The summed E-state index contributed by atoms with van der Waals surface area (Å²) in [6.07, 6.45) is 0. The number of amides is 1. The van der Waals surface area contributed by atoms with E-state index < -0.39 is 10.0 Å². The van der Waals surface area contributed by atoms with Crippen LogP contribution in [-0.4, -0.2) is 33.0 Å². The number of nitrogens with zero attached hydrogens (tertiary/aromatic N) is 1. The summed E-state index contributed by atoms with van der Waals surface area (Å²) in [5.74, 6) is -0.300. The highest BCUT2D eigenvalue weighted by molar-refractivity contribution is 7.89. The highest BCUT2D eigenvalue weighted by atomic mass is 35.5. The molecular formula is C17H19ClN2O4S. The maximum absolute atomic E-state index is 12.3. The van der Waals surface area contributed by atoms with Gasteiger partial charge >= 0.3 is 0 Å². The lowest BCUT2D eigenvalue weighted by Crippen LogP contribution is -2.27. The summed E-state index contributed by atoms with van der Waals surface area (Å²) in [4.78, 5) is 17.1. The van der Waals surface area contributed by atoms with Gasteiger partial charge in [-0.1, -0.05) is 28.2 Å². The van der Waals surface area contributed by atoms with Gasteiger partial charge in [0.25, 0.3) is 15.9 Å². The molecule has 25 heavy (non-hydrogen) atoms. The third-order valence-electron chi connectivity index (χ3n) is 3.73. The molecule has 0 saturated carbocycles. The van der Waals surface area contributed by atoms with Crippen molar-refractivity contribution < 1.29 is 18.0 Å². The molecule has 0 fully saturated rings. The lowest BCUT2D eigenvalue weighted by molar-refractivity contribution is -0.0258. The molecule has 1 atom stereocenters. The quantitative estimate of drug-likeness (QED) is 0.779. The summed E-state index contributed by atoms with van der Waals surface area (Å²) in [5.41, 5.74) is 1.28. The maximum Gasteiger partial charge on any atom is 0.264 e. The average Bonchev–Trinajstić information content (AvgIpc) is 2.61. The number of halogens is 1. The minimum absolute atomic E-state index is 0.0409. The minimum Gasteiger partial charge on any atom is -0.346 e. The van der Waals surface area contributed by atoms with Crippen molar-refractivity contribution in [3.63, 3.8) is 0 Å². The van der Waals surface area contributed by atoms with Crippen molar-refractivity contribution in [3.05, 3.63) is 64.7 Å². The van der Waals surface area contributed by atoms with Gasteiger partial charge in [0.2, 0.25) is 0 Å². The predicted molar refractivity (Wildman–Crippen MR) is 95.7 cm³/mol. The SMILES string of the molecule is CON(C)S(=O)(=O)c1ccc(C(=O)NC(C)c2ccc(Cl)cc2)cc1. The standard InChI is InChI=1S/C17H19ClN2O4S/c1-12(13-4-8-15(18)9-5-13)19-17(21)14-6-10-16(11-7-14)25(22,23)20(2)24-3/h4-12H,1-3H3,(H,19,21).